The molecule has 0 unspecified atom stereocenters. The molecule has 0 radical (unpaired) electrons. The lowest BCUT2D eigenvalue weighted by molar-refractivity contribution is 0.372. The lowest BCUT2D eigenvalue weighted by Gasteiger charge is -2.25. The largest absolute Gasteiger partial charge is 0.468 e. The normalized spacial score (nSPS) is 11.4. The van der Waals surface area contributed by atoms with Crippen LogP contribution < -0.4 is 9.47 Å². The number of rotatable bonds is 6. The molecule has 8 heteroatoms. The van der Waals surface area contributed by atoms with Crippen LogP contribution in [0.2, 0.25) is 0 Å². The van der Waals surface area contributed by atoms with E-state index in [1.54, 1.807) is 35.7 Å². The summed E-state index contributed by atoms with van der Waals surface area (Å²) in [6, 6.07) is 12.8. The van der Waals surface area contributed by atoms with Gasteiger partial charge in [0.1, 0.15) is 11.6 Å². The molecule has 0 aliphatic heterocycles. The Hall–Kier alpha value is -3.68. The van der Waals surface area contributed by atoms with E-state index in [4.69, 9.17) is 19.4 Å². The van der Waals surface area contributed by atoms with Crippen LogP contribution in [-0.2, 0) is 5.41 Å². The van der Waals surface area contributed by atoms with E-state index in [0.717, 1.165) is 23.0 Å². The maximum absolute atomic E-state index is 5.31. The fourth-order valence-corrected chi connectivity index (χ4v) is 3.17. The molecule has 148 valence electrons. The molecule has 4 aromatic rings. The van der Waals surface area contributed by atoms with E-state index >= 15 is 0 Å². The van der Waals surface area contributed by atoms with Crippen molar-refractivity contribution in [3.05, 3.63) is 72.6 Å². The minimum Gasteiger partial charge on any atom is -0.468 e. The summed E-state index contributed by atoms with van der Waals surface area (Å²) in [5.74, 6) is 1.47. The van der Waals surface area contributed by atoms with E-state index in [1.165, 1.54) is 0 Å². The number of hydrogen-bond donors (Lipinski definition) is 0. The van der Waals surface area contributed by atoms with Crippen LogP contribution in [0.4, 0.5) is 0 Å². The summed E-state index contributed by atoms with van der Waals surface area (Å²) < 4.78 is 14.2. The number of ether oxygens (including phenoxy) is 2. The second-order valence-corrected chi connectivity index (χ2v) is 6.95. The van der Waals surface area contributed by atoms with Crippen molar-refractivity contribution < 1.29 is 9.47 Å². The summed E-state index contributed by atoms with van der Waals surface area (Å²) >= 11 is 0. The summed E-state index contributed by atoms with van der Waals surface area (Å²) in [7, 11) is 3.18. The molecule has 8 nitrogen and oxygen atoms in total. The summed E-state index contributed by atoms with van der Waals surface area (Å²) in [6.45, 7) is 4.20. The van der Waals surface area contributed by atoms with Gasteiger partial charge >= 0.3 is 12.0 Å². The van der Waals surface area contributed by atoms with E-state index in [9.17, 15) is 0 Å². The van der Waals surface area contributed by atoms with Crippen molar-refractivity contribution in [2.45, 2.75) is 19.3 Å². The SMILES string of the molecule is COc1nccn1-c1cccc(C(C)(C)c2cccc(-n3ccnc3OC)n2)n1. The predicted molar refractivity (Wildman–Crippen MR) is 108 cm³/mol. The zero-order valence-electron chi connectivity index (χ0n) is 16.8. The van der Waals surface area contributed by atoms with Crippen LogP contribution in [0.25, 0.3) is 11.6 Å². The number of hydrogen-bond acceptors (Lipinski definition) is 6. The molecule has 0 spiro atoms. The fraction of sp³-hybridized carbons (Fsp3) is 0.238. The molecule has 0 aliphatic rings. The van der Waals surface area contributed by atoms with Gasteiger partial charge in [-0.15, -0.1) is 0 Å². The third-order valence-corrected chi connectivity index (χ3v) is 4.82. The van der Waals surface area contributed by atoms with E-state index in [2.05, 4.69) is 23.8 Å². The first kappa shape index (κ1) is 18.7. The maximum Gasteiger partial charge on any atom is 0.301 e. The highest BCUT2D eigenvalue weighted by molar-refractivity contribution is 5.37. The molecule has 4 aromatic heterocycles. The maximum atomic E-state index is 5.31. The highest BCUT2D eigenvalue weighted by atomic mass is 16.5. The van der Waals surface area contributed by atoms with Gasteiger partial charge in [-0.2, -0.15) is 0 Å². The number of imidazole rings is 2. The van der Waals surface area contributed by atoms with E-state index in [1.807, 2.05) is 48.8 Å². The first-order valence-corrected chi connectivity index (χ1v) is 9.15. The van der Waals surface area contributed by atoms with Crippen LogP contribution in [0.15, 0.2) is 61.2 Å². The highest BCUT2D eigenvalue weighted by Crippen LogP contribution is 2.30. The molecule has 0 N–H and O–H groups in total. The third-order valence-electron chi connectivity index (χ3n) is 4.82. The van der Waals surface area contributed by atoms with Gasteiger partial charge in [-0.1, -0.05) is 12.1 Å². The number of methoxy groups -OCH3 is 2. The van der Waals surface area contributed by atoms with Crippen LogP contribution in [0.5, 0.6) is 12.0 Å². The van der Waals surface area contributed by atoms with Gasteiger partial charge < -0.3 is 9.47 Å². The van der Waals surface area contributed by atoms with Gasteiger partial charge in [0.05, 0.1) is 25.6 Å². The van der Waals surface area contributed by atoms with Gasteiger partial charge in [0.15, 0.2) is 0 Å². The topological polar surface area (TPSA) is 79.9 Å². The van der Waals surface area contributed by atoms with Crippen LogP contribution in [0.3, 0.4) is 0 Å². The van der Waals surface area contributed by atoms with Crippen molar-refractivity contribution >= 4 is 0 Å². The quantitative estimate of drug-likeness (QED) is 0.503. The summed E-state index contributed by atoms with van der Waals surface area (Å²) in [6.07, 6.45) is 7.01. The zero-order valence-corrected chi connectivity index (χ0v) is 16.8. The zero-order chi connectivity index (χ0) is 20.4. The monoisotopic (exact) mass is 390 g/mol. The second kappa shape index (κ2) is 7.38. The lowest BCUT2D eigenvalue weighted by Crippen LogP contribution is -2.23. The van der Waals surface area contributed by atoms with Gasteiger partial charge in [-0.25, -0.2) is 19.9 Å². The standard InChI is InChI=1S/C21H22N6O2/c1-21(2,15-7-5-9-17(24-15)26-13-11-22-19(26)28-3)16-8-6-10-18(25-16)27-14-12-23-20(27)29-4/h5-14H,1-4H3. The van der Waals surface area contributed by atoms with Crippen molar-refractivity contribution in [3.63, 3.8) is 0 Å². The Morgan fingerprint density at radius 2 is 1.17 bits per heavy atom. The molecule has 0 saturated carbocycles. The minimum absolute atomic E-state index is 0.437. The molecule has 4 heterocycles. The Labute approximate surface area is 168 Å². The second-order valence-electron chi connectivity index (χ2n) is 6.95. The van der Waals surface area contributed by atoms with Crippen molar-refractivity contribution in [1.29, 1.82) is 0 Å². The highest BCUT2D eigenvalue weighted by Gasteiger charge is 2.27. The smallest absolute Gasteiger partial charge is 0.301 e. The molecular weight excluding hydrogens is 368 g/mol. The first-order valence-electron chi connectivity index (χ1n) is 9.15. The molecule has 29 heavy (non-hydrogen) atoms. The lowest BCUT2D eigenvalue weighted by atomic mass is 9.84. The van der Waals surface area contributed by atoms with Crippen molar-refractivity contribution in [2.24, 2.45) is 0 Å². The fourth-order valence-electron chi connectivity index (χ4n) is 3.17. The van der Waals surface area contributed by atoms with E-state index in [0.29, 0.717) is 12.0 Å². The van der Waals surface area contributed by atoms with Crippen LogP contribution in [0.1, 0.15) is 25.2 Å². The van der Waals surface area contributed by atoms with Gasteiger partial charge in [0, 0.05) is 30.2 Å². The Morgan fingerprint density at radius 3 is 1.59 bits per heavy atom. The van der Waals surface area contributed by atoms with E-state index < -0.39 is 5.41 Å². The Balaban J connectivity index is 1.74. The van der Waals surface area contributed by atoms with Gasteiger partial charge in [-0.05, 0) is 38.1 Å². The molecule has 0 fully saturated rings. The molecule has 0 atom stereocenters. The molecule has 0 saturated heterocycles. The molecule has 4 rings (SSSR count). The van der Waals surface area contributed by atoms with Gasteiger partial charge in [-0.3, -0.25) is 9.13 Å². The van der Waals surface area contributed by atoms with E-state index in [-0.39, 0.29) is 0 Å². The molecule has 0 aromatic carbocycles. The summed E-state index contributed by atoms with van der Waals surface area (Å²) in [5.41, 5.74) is 1.33. The van der Waals surface area contributed by atoms with Crippen molar-refractivity contribution in [3.8, 4) is 23.7 Å². The minimum atomic E-state index is -0.437. The molecule has 0 amide bonds. The molecule has 0 bridgehead atoms. The predicted octanol–water partition coefficient (Wildman–Crippen LogP) is 3.19. The average molecular weight is 390 g/mol. The summed E-state index contributed by atoms with van der Waals surface area (Å²) in [4.78, 5) is 18.1. The molecular formula is C21H22N6O2. The van der Waals surface area contributed by atoms with Crippen molar-refractivity contribution in [1.82, 2.24) is 29.1 Å². The number of pyridine rings is 2. The average Bonchev–Trinajstić information content (AvgIpc) is 3.43. The van der Waals surface area contributed by atoms with Gasteiger partial charge in [0.25, 0.3) is 0 Å². The van der Waals surface area contributed by atoms with Crippen molar-refractivity contribution in [2.75, 3.05) is 14.2 Å². The summed E-state index contributed by atoms with van der Waals surface area (Å²) in [5, 5.41) is 0. The molecule has 0 aliphatic carbocycles. The van der Waals surface area contributed by atoms with Crippen LogP contribution in [0, 0.1) is 0 Å². The van der Waals surface area contributed by atoms with Gasteiger partial charge in [0.2, 0.25) is 0 Å². The Bertz CT molecular complexity index is 1040. The van der Waals surface area contributed by atoms with Crippen LogP contribution >= 0.6 is 0 Å². The van der Waals surface area contributed by atoms with Crippen LogP contribution in [-0.4, -0.2) is 43.3 Å². The number of nitrogens with zero attached hydrogens (tertiary/aromatic N) is 6. The number of aromatic nitrogens is 6. The Kier molecular flexibility index (Phi) is 4.75. The third kappa shape index (κ3) is 3.33. The Morgan fingerprint density at radius 1 is 0.724 bits per heavy atom. The first-order chi connectivity index (χ1) is 14.0.